The zero-order valence-corrected chi connectivity index (χ0v) is 14.4. The molecule has 0 bridgehead atoms. The van der Waals surface area contributed by atoms with E-state index in [2.05, 4.69) is 22.6 Å². The molecule has 1 aromatic heterocycles. The lowest BCUT2D eigenvalue weighted by Gasteiger charge is -2.03. The van der Waals surface area contributed by atoms with Crippen LogP contribution in [0.15, 0.2) is 65.2 Å². The fraction of sp³-hybridized carbons (Fsp3) is 0.238. The zero-order chi connectivity index (χ0) is 17.5. The Kier molecular flexibility index (Phi) is 5.62. The van der Waals surface area contributed by atoms with E-state index in [4.69, 9.17) is 4.52 Å². The molecule has 1 N–H and O–H groups in total. The number of carbonyl (C=O) groups excluding carboxylic acids is 1. The number of amides is 1. The number of unbranched alkanes of at least 4 members (excludes halogenated alkanes) is 1. The summed E-state index contributed by atoms with van der Waals surface area (Å²) in [6.45, 7) is 2.65. The van der Waals surface area contributed by atoms with Gasteiger partial charge in [-0.1, -0.05) is 59.3 Å². The average Bonchev–Trinajstić information content (AvgIpc) is 3.12. The SMILES string of the molecule is Cc1cccc(-c2cc(C(=O)NCCCCc3ccccc3)no2)c1. The number of rotatable bonds is 7. The number of benzene rings is 2. The molecule has 0 radical (unpaired) electrons. The lowest BCUT2D eigenvalue weighted by Crippen LogP contribution is -2.24. The first-order chi connectivity index (χ1) is 12.2. The zero-order valence-electron chi connectivity index (χ0n) is 14.4. The van der Waals surface area contributed by atoms with Crippen LogP contribution in [0.2, 0.25) is 0 Å². The number of aromatic nitrogens is 1. The topological polar surface area (TPSA) is 55.1 Å². The first kappa shape index (κ1) is 17.0. The van der Waals surface area contributed by atoms with E-state index in [1.165, 1.54) is 5.56 Å². The van der Waals surface area contributed by atoms with Gasteiger partial charge in [0, 0.05) is 18.2 Å². The molecule has 128 valence electrons. The van der Waals surface area contributed by atoms with Gasteiger partial charge >= 0.3 is 0 Å². The number of hydrogen-bond acceptors (Lipinski definition) is 3. The summed E-state index contributed by atoms with van der Waals surface area (Å²) in [4.78, 5) is 12.2. The van der Waals surface area contributed by atoms with Crippen LogP contribution in [-0.2, 0) is 6.42 Å². The Morgan fingerprint density at radius 1 is 1.04 bits per heavy atom. The quantitative estimate of drug-likeness (QED) is 0.651. The van der Waals surface area contributed by atoms with Gasteiger partial charge in [-0.25, -0.2) is 0 Å². The second-order valence-corrected chi connectivity index (χ2v) is 6.14. The molecule has 1 heterocycles. The Balaban J connectivity index is 1.46. The molecular formula is C21H22N2O2. The van der Waals surface area contributed by atoms with E-state index in [9.17, 15) is 4.79 Å². The van der Waals surface area contributed by atoms with Gasteiger partial charge in [-0.3, -0.25) is 4.79 Å². The maximum atomic E-state index is 12.2. The predicted octanol–water partition coefficient (Wildman–Crippen LogP) is 4.40. The first-order valence-corrected chi connectivity index (χ1v) is 8.58. The lowest BCUT2D eigenvalue weighted by atomic mass is 10.1. The monoisotopic (exact) mass is 334 g/mol. The highest BCUT2D eigenvalue weighted by Crippen LogP contribution is 2.21. The van der Waals surface area contributed by atoms with E-state index in [1.807, 2.05) is 49.4 Å². The third-order valence-corrected chi connectivity index (χ3v) is 4.07. The maximum absolute atomic E-state index is 12.2. The summed E-state index contributed by atoms with van der Waals surface area (Å²) in [5.41, 5.74) is 3.71. The van der Waals surface area contributed by atoms with Crippen molar-refractivity contribution in [1.29, 1.82) is 0 Å². The van der Waals surface area contributed by atoms with E-state index in [0.29, 0.717) is 18.0 Å². The number of aryl methyl sites for hydroxylation is 2. The molecule has 0 saturated heterocycles. The van der Waals surface area contributed by atoms with Crippen LogP contribution in [0, 0.1) is 6.92 Å². The molecule has 0 aliphatic rings. The van der Waals surface area contributed by atoms with Gasteiger partial charge in [0.1, 0.15) is 0 Å². The van der Waals surface area contributed by atoms with Crippen molar-refractivity contribution in [3.63, 3.8) is 0 Å². The van der Waals surface area contributed by atoms with E-state index in [1.54, 1.807) is 6.07 Å². The molecule has 0 aliphatic heterocycles. The van der Waals surface area contributed by atoms with Crippen LogP contribution in [0.5, 0.6) is 0 Å². The van der Waals surface area contributed by atoms with Crippen molar-refractivity contribution in [2.24, 2.45) is 0 Å². The van der Waals surface area contributed by atoms with Crippen LogP contribution in [0.1, 0.15) is 34.5 Å². The minimum atomic E-state index is -0.192. The second-order valence-electron chi connectivity index (χ2n) is 6.14. The summed E-state index contributed by atoms with van der Waals surface area (Å²) in [7, 11) is 0. The molecule has 25 heavy (non-hydrogen) atoms. The minimum absolute atomic E-state index is 0.192. The maximum Gasteiger partial charge on any atom is 0.273 e. The summed E-state index contributed by atoms with van der Waals surface area (Å²) in [5, 5.41) is 6.78. The Labute approximate surface area is 147 Å². The highest BCUT2D eigenvalue weighted by atomic mass is 16.5. The Morgan fingerprint density at radius 2 is 1.88 bits per heavy atom. The summed E-state index contributed by atoms with van der Waals surface area (Å²) in [5.74, 6) is 0.417. The van der Waals surface area contributed by atoms with Crippen LogP contribution >= 0.6 is 0 Å². The molecule has 0 spiro atoms. The highest BCUT2D eigenvalue weighted by molar-refractivity contribution is 5.93. The fourth-order valence-electron chi connectivity index (χ4n) is 2.71. The van der Waals surface area contributed by atoms with Crippen molar-refractivity contribution in [2.75, 3.05) is 6.54 Å². The average molecular weight is 334 g/mol. The molecule has 3 aromatic rings. The van der Waals surface area contributed by atoms with Crippen LogP contribution in [-0.4, -0.2) is 17.6 Å². The summed E-state index contributed by atoms with van der Waals surface area (Å²) >= 11 is 0. The summed E-state index contributed by atoms with van der Waals surface area (Å²) < 4.78 is 5.30. The van der Waals surface area contributed by atoms with Crippen LogP contribution in [0.4, 0.5) is 0 Å². The van der Waals surface area contributed by atoms with Gasteiger partial charge in [0.15, 0.2) is 11.5 Å². The number of nitrogens with one attached hydrogen (secondary N) is 1. The van der Waals surface area contributed by atoms with Gasteiger partial charge in [-0.15, -0.1) is 0 Å². The van der Waals surface area contributed by atoms with Crippen molar-refractivity contribution in [3.05, 3.63) is 77.5 Å². The molecule has 0 saturated carbocycles. The molecular weight excluding hydrogens is 312 g/mol. The smallest absolute Gasteiger partial charge is 0.273 e. The van der Waals surface area contributed by atoms with Crippen molar-refractivity contribution in [1.82, 2.24) is 10.5 Å². The van der Waals surface area contributed by atoms with E-state index >= 15 is 0 Å². The third-order valence-electron chi connectivity index (χ3n) is 4.07. The largest absolute Gasteiger partial charge is 0.355 e. The Hall–Kier alpha value is -2.88. The first-order valence-electron chi connectivity index (χ1n) is 8.58. The Morgan fingerprint density at radius 3 is 2.68 bits per heavy atom. The van der Waals surface area contributed by atoms with Gasteiger partial charge in [0.25, 0.3) is 5.91 Å². The van der Waals surface area contributed by atoms with Crippen molar-refractivity contribution in [2.45, 2.75) is 26.2 Å². The van der Waals surface area contributed by atoms with Gasteiger partial charge in [0.2, 0.25) is 0 Å². The fourth-order valence-corrected chi connectivity index (χ4v) is 2.71. The molecule has 2 aromatic carbocycles. The number of carbonyl (C=O) groups is 1. The molecule has 1 amide bonds. The molecule has 3 rings (SSSR count). The predicted molar refractivity (Wildman–Crippen MR) is 98.4 cm³/mol. The van der Waals surface area contributed by atoms with Crippen molar-refractivity contribution in [3.8, 4) is 11.3 Å². The minimum Gasteiger partial charge on any atom is -0.355 e. The van der Waals surface area contributed by atoms with Crippen LogP contribution in [0.25, 0.3) is 11.3 Å². The third kappa shape index (κ3) is 4.80. The van der Waals surface area contributed by atoms with Gasteiger partial charge in [-0.05, 0) is 37.8 Å². The van der Waals surface area contributed by atoms with E-state index in [0.717, 1.165) is 30.4 Å². The number of hydrogen-bond donors (Lipinski definition) is 1. The van der Waals surface area contributed by atoms with Gasteiger partial charge in [0.05, 0.1) is 0 Å². The molecule has 0 fully saturated rings. The summed E-state index contributed by atoms with van der Waals surface area (Å²) in [6, 6.07) is 20.0. The van der Waals surface area contributed by atoms with Crippen LogP contribution < -0.4 is 5.32 Å². The molecule has 0 unspecified atom stereocenters. The molecule has 4 heteroatoms. The Bertz CT molecular complexity index is 825. The van der Waals surface area contributed by atoms with Crippen LogP contribution in [0.3, 0.4) is 0 Å². The summed E-state index contributed by atoms with van der Waals surface area (Å²) in [6.07, 6.45) is 3.00. The molecule has 4 nitrogen and oxygen atoms in total. The molecule has 0 atom stereocenters. The molecule has 0 aliphatic carbocycles. The van der Waals surface area contributed by atoms with E-state index in [-0.39, 0.29) is 5.91 Å². The van der Waals surface area contributed by atoms with Crippen molar-refractivity contribution < 1.29 is 9.32 Å². The standard InChI is InChI=1S/C21H22N2O2/c1-16-8-7-12-18(14-16)20-15-19(23-25-20)21(24)22-13-6-5-11-17-9-3-2-4-10-17/h2-4,7-10,12,14-15H,5-6,11,13H2,1H3,(H,22,24). The van der Waals surface area contributed by atoms with Gasteiger partial charge < -0.3 is 9.84 Å². The van der Waals surface area contributed by atoms with Crippen molar-refractivity contribution >= 4 is 5.91 Å². The number of nitrogens with zero attached hydrogens (tertiary/aromatic N) is 1. The highest BCUT2D eigenvalue weighted by Gasteiger charge is 2.13. The van der Waals surface area contributed by atoms with E-state index < -0.39 is 0 Å². The second kappa shape index (κ2) is 8.29. The normalized spacial score (nSPS) is 10.6. The lowest BCUT2D eigenvalue weighted by molar-refractivity contribution is 0.0944. The van der Waals surface area contributed by atoms with Gasteiger partial charge in [-0.2, -0.15) is 0 Å².